The average Bonchev–Trinajstić information content (AvgIpc) is 3.17. The maximum absolute atomic E-state index is 7.03. The Morgan fingerprint density at radius 2 is 1.04 bits per heavy atom. The summed E-state index contributed by atoms with van der Waals surface area (Å²) in [5.74, 6) is 2.81. The Balaban J connectivity index is 1.52. The highest BCUT2D eigenvalue weighted by Gasteiger charge is 2.52. The van der Waals surface area contributed by atoms with Crippen molar-refractivity contribution in [3.8, 4) is 57.1 Å². The molecule has 4 aromatic carbocycles. The Morgan fingerprint density at radius 3 is 1.51 bits per heavy atom. The van der Waals surface area contributed by atoms with E-state index >= 15 is 0 Å². The number of rotatable bonds is 14. The molecule has 0 spiro atoms. The monoisotopic (exact) mass is 704 g/mol. The van der Waals surface area contributed by atoms with Crippen LogP contribution in [0.15, 0.2) is 72.8 Å². The second-order valence-electron chi connectivity index (χ2n) is 11.7. The maximum Gasteiger partial charge on any atom is 0.204 e. The highest BCUT2D eigenvalue weighted by molar-refractivity contribution is 5.91. The first-order valence-electron chi connectivity index (χ1n) is 16.4. The summed E-state index contributed by atoms with van der Waals surface area (Å²) in [4.78, 5) is 0. The molecule has 2 aliphatic rings. The fourth-order valence-corrected chi connectivity index (χ4v) is 6.52. The topological polar surface area (TPSA) is 111 Å². The summed E-state index contributed by atoms with van der Waals surface area (Å²) in [6.07, 6.45) is -3.93. The molecule has 5 atom stereocenters. The largest absolute Gasteiger partial charge is 0.493 e. The van der Waals surface area contributed by atoms with E-state index in [0.29, 0.717) is 63.7 Å². The SMILES string of the molecule is COc1cc2c(c(OC)c1OC)-c1c(cc(OC)c(OC)c1OC)O[C@@H]1[C@@H](OC)O[C@H](COCc3ccccc3)[C@@H](OCc3ccccc3)[C@@H]1O2. The Hall–Kier alpha value is -4.88. The van der Waals surface area contributed by atoms with E-state index < -0.39 is 30.7 Å². The molecule has 0 bridgehead atoms. The van der Waals surface area contributed by atoms with Gasteiger partial charge in [0.25, 0.3) is 0 Å². The smallest absolute Gasteiger partial charge is 0.204 e. The third-order valence-corrected chi connectivity index (χ3v) is 8.87. The summed E-state index contributed by atoms with van der Waals surface area (Å²) in [6, 6.07) is 23.3. The van der Waals surface area contributed by atoms with Crippen LogP contribution >= 0.6 is 0 Å². The van der Waals surface area contributed by atoms with Gasteiger partial charge in [-0.3, -0.25) is 0 Å². The Bertz CT molecular complexity index is 1750. The number of hydrogen-bond donors (Lipinski definition) is 0. The van der Waals surface area contributed by atoms with E-state index in [0.717, 1.165) is 11.1 Å². The van der Waals surface area contributed by atoms with E-state index in [2.05, 4.69) is 0 Å². The highest BCUT2D eigenvalue weighted by atomic mass is 16.7. The number of hydrogen-bond acceptors (Lipinski definition) is 12. The van der Waals surface area contributed by atoms with E-state index in [1.54, 1.807) is 26.4 Å². The van der Waals surface area contributed by atoms with E-state index in [9.17, 15) is 0 Å². The van der Waals surface area contributed by atoms with Gasteiger partial charge in [0.1, 0.15) is 23.7 Å². The van der Waals surface area contributed by atoms with Crippen molar-refractivity contribution in [2.75, 3.05) is 56.4 Å². The summed E-state index contributed by atoms with van der Waals surface area (Å²) < 4.78 is 74.5. The van der Waals surface area contributed by atoms with E-state index in [-0.39, 0.29) is 13.2 Å². The van der Waals surface area contributed by atoms with E-state index in [1.165, 1.54) is 35.5 Å². The van der Waals surface area contributed by atoms with Gasteiger partial charge in [-0.1, -0.05) is 60.7 Å². The average molecular weight is 705 g/mol. The first-order valence-corrected chi connectivity index (χ1v) is 16.4. The van der Waals surface area contributed by atoms with Crippen molar-refractivity contribution in [3.05, 3.63) is 83.9 Å². The van der Waals surface area contributed by atoms with Gasteiger partial charge >= 0.3 is 0 Å². The first kappa shape index (κ1) is 35.9. The molecule has 1 fully saturated rings. The zero-order valence-electron chi connectivity index (χ0n) is 29.8. The molecule has 2 heterocycles. The minimum atomic E-state index is -0.910. The molecule has 6 rings (SSSR count). The van der Waals surface area contributed by atoms with Gasteiger partial charge < -0.3 is 56.8 Å². The summed E-state index contributed by atoms with van der Waals surface area (Å²) in [6.45, 7) is 0.825. The fraction of sp³-hybridized carbons (Fsp3) is 0.385. The van der Waals surface area contributed by atoms with Crippen molar-refractivity contribution < 1.29 is 56.8 Å². The number of ether oxygens (including phenoxy) is 12. The van der Waals surface area contributed by atoms with Gasteiger partial charge in [0.05, 0.1) is 73.6 Å². The van der Waals surface area contributed by atoms with Crippen LogP contribution in [0.5, 0.6) is 46.0 Å². The molecular formula is C39H44O12. The Morgan fingerprint density at radius 1 is 0.549 bits per heavy atom. The summed E-state index contributed by atoms with van der Waals surface area (Å²) in [7, 11) is 10.8. The third kappa shape index (κ3) is 7.18. The standard InChI is InChI=1S/C39H44O12/c1-40-27-18-25-30(35(44-5)32(27)42-3)31-26(19-28(41-2)33(43-4)36(31)45-6)50-38-37(49-25)34(48-21-24-16-12-9-13-17-24)29(51-39(38)46-7)22-47-20-23-14-10-8-11-15-23/h8-19,29,34,37-39H,20-22H2,1-7H3/t29-,34-,37+,38+,39+/m1/s1. The van der Waals surface area contributed by atoms with Gasteiger partial charge in [0.2, 0.25) is 11.5 Å². The van der Waals surface area contributed by atoms with Crippen LogP contribution in [-0.4, -0.2) is 87.1 Å². The fourth-order valence-electron chi connectivity index (χ4n) is 6.52. The van der Waals surface area contributed by atoms with Crippen molar-refractivity contribution in [2.24, 2.45) is 0 Å². The van der Waals surface area contributed by atoms with Crippen LogP contribution < -0.4 is 37.9 Å². The molecule has 2 aliphatic heterocycles. The number of benzene rings is 4. The maximum atomic E-state index is 7.03. The zero-order valence-corrected chi connectivity index (χ0v) is 29.8. The third-order valence-electron chi connectivity index (χ3n) is 8.87. The molecule has 0 unspecified atom stereocenters. The lowest BCUT2D eigenvalue weighted by Gasteiger charge is -2.46. The number of fused-ring (bicyclic) bond motifs is 4. The molecule has 4 aromatic rings. The minimum absolute atomic E-state index is 0.179. The van der Waals surface area contributed by atoms with Gasteiger partial charge in [0.15, 0.2) is 41.5 Å². The van der Waals surface area contributed by atoms with Gasteiger partial charge in [0, 0.05) is 19.2 Å². The van der Waals surface area contributed by atoms with Gasteiger partial charge in [-0.05, 0) is 11.1 Å². The van der Waals surface area contributed by atoms with Crippen LogP contribution in [0.2, 0.25) is 0 Å². The second-order valence-corrected chi connectivity index (χ2v) is 11.7. The van der Waals surface area contributed by atoms with Gasteiger partial charge in [-0.2, -0.15) is 0 Å². The van der Waals surface area contributed by atoms with Gasteiger partial charge in [-0.25, -0.2) is 0 Å². The number of methoxy groups -OCH3 is 7. The molecule has 1 saturated heterocycles. The molecule has 0 aliphatic carbocycles. The molecule has 51 heavy (non-hydrogen) atoms. The van der Waals surface area contributed by atoms with Crippen molar-refractivity contribution in [1.29, 1.82) is 0 Å². The van der Waals surface area contributed by atoms with Crippen LogP contribution in [0, 0.1) is 0 Å². The predicted octanol–water partition coefficient (Wildman–Crippen LogP) is 6.09. The van der Waals surface area contributed by atoms with Crippen molar-refractivity contribution in [1.82, 2.24) is 0 Å². The van der Waals surface area contributed by atoms with Crippen LogP contribution in [0.4, 0.5) is 0 Å². The summed E-state index contributed by atoms with van der Waals surface area (Å²) in [5.41, 5.74) is 2.93. The molecule has 0 amide bonds. The van der Waals surface area contributed by atoms with Gasteiger partial charge in [-0.15, -0.1) is 0 Å². The van der Waals surface area contributed by atoms with Crippen molar-refractivity contribution >= 4 is 0 Å². The molecule has 0 radical (unpaired) electrons. The molecule has 272 valence electrons. The minimum Gasteiger partial charge on any atom is -0.493 e. The lowest BCUT2D eigenvalue weighted by atomic mass is 9.94. The molecule has 12 heteroatoms. The van der Waals surface area contributed by atoms with Crippen LogP contribution in [0.3, 0.4) is 0 Å². The van der Waals surface area contributed by atoms with Crippen molar-refractivity contribution in [3.63, 3.8) is 0 Å². The molecule has 0 aromatic heterocycles. The first-order chi connectivity index (χ1) is 25.0. The zero-order chi connectivity index (χ0) is 35.9. The Labute approximate surface area is 297 Å². The predicted molar refractivity (Wildman–Crippen MR) is 187 cm³/mol. The Kier molecular flexibility index (Phi) is 11.6. The lowest BCUT2D eigenvalue weighted by Crippen LogP contribution is -2.64. The quantitative estimate of drug-likeness (QED) is 0.152. The summed E-state index contributed by atoms with van der Waals surface area (Å²) >= 11 is 0. The second kappa shape index (κ2) is 16.4. The lowest BCUT2D eigenvalue weighted by molar-refractivity contribution is -0.295. The summed E-state index contributed by atoms with van der Waals surface area (Å²) in [5, 5.41) is 0. The van der Waals surface area contributed by atoms with Crippen LogP contribution in [0.25, 0.3) is 11.1 Å². The molecule has 0 saturated carbocycles. The van der Waals surface area contributed by atoms with Crippen molar-refractivity contribution in [2.45, 2.75) is 43.9 Å². The molecule has 12 nitrogen and oxygen atoms in total. The van der Waals surface area contributed by atoms with E-state index in [1.807, 2.05) is 60.7 Å². The highest BCUT2D eigenvalue weighted by Crippen LogP contribution is 2.59. The normalized spacial score (nSPS) is 20.6. The molecule has 0 N–H and O–H groups in total. The molecular weight excluding hydrogens is 660 g/mol. The van der Waals surface area contributed by atoms with Crippen LogP contribution in [-0.2, 0) is 32.2 Å². The van der Waals surface area contributed by atoms with E-state index in [4.69, 9.17) is 56.8 Å². The van der Waals surface area contributed by atoms with Crippen LogP contribution in [0.1, 0.15) is 11.1 Å².